The second-order valence-electron chi connectivity index (χ2n) is 17.3. The molecule has 2 aliphatic carbocycles. The van der Waals surface area contributed by atoms with Crippen molar-refractivity contribution in [2.45, 2.75) is 122 Å². The molecule has 3 aliphatic heterocycles. The van der Waals surface area contributed by atoms with E-state index in [0.717, 1.165) is 21.0 Å². The van der Waals surface area contributed by atoms with Crippen LogP contribution in [0.4, 0.5) is 0 Å². The summed E-state index contributed by atoms with van der Waals surface area (Å²) >= 11 is 0. The smallest absolute Gasteiger partial charge is 0.351 e. The number of methoxy groups -OCH3 is 1. The molecule has 2 aromatic rings. The molecule has 2 saturated carbocycles. The zero-order valence-corrected chi connectivity index (χ0v) is 34.7. The summed E-state index contributed by atoms with van der Waals surface area (Å²) in [7, 11) is 1.14. The minimum atomic E-state index is -2.99. The number of ether oxygens (including phenoxy) is 8. The number of rotatable bonds is 10. The van der Waals surface area contributed by atoms with Crippen LogP contribution in [0.5, 0.6) is 0 Å². The summed E-state index contributed by atoms with van der Waals surface area (Å²) in [6.45, 7) is 10.9. The first-order valence-corrected chi connectivity index (χ1v) is 19.7. The summed E-state index contributed by atoms with van der Waals surface area (Å²) in [5, 5.41) is 13.7. The topological polar surface area (TPSA) is 243 Å². The number of ketones is 1. The Kier molecular flexibility index (Phi) is 10.4. The van der Waals surface area contributed by atoms with E-state index in [1.54, 1.807) is 27.7 Å². The zero-order chi connectivity index (χ0) is 44.0. The molecular formula is C42H49NO17. The van der Waals surface area contributed by atoms with Gasteiger partial charge in [-0.25, -0.2) is 9.59 Å². The molecule has 2 bridgehead atoms. The number of fused-ring (bicyclic) bond motifs is 1. The number of cyclic esters (lactones) is 1. The Bertz CT molecular complexity index is 2100. The van der Waals surface area contributed by atoms with Gasteiger partial charge in [-0.05, 0) is 44.4 Å². The minimum Gasteiger partial charge on any atom is -0.472 e. The molecule has 1 N–H and O–H groups in total. The standard InChI is InChI=1S/C42H49NO17/c1-10-20(2)32(47)57-27-29(59-33(48)23-12-11-14-43-17-23)37(5,6)25(16-26(46)52-9)38(7)30(27)60-42-31(55-21(3)44)34(49)58-28(24-13-15-53-18-24)39(42,8)36(56-22(4)45)41(51,35(38)50)40(42)19-54-40/h11-15,17-18,20,25,27-31,36,51H,10,16,19H2,1-9H3. The highest BCUT2D eigenvalue weighted by Gasteiger charge is 2.99. The van der Waals surface area contributed by atoms with E-state index in [1.165, 1.54) is 57.0 Å². The fraction of sp³-hybridized carbons (Fsp3) is 0.619. The molecule has 18 nitrogen and oxygen atoms in total. The summed E-state index contributed by atoms with van der Waals surface area (Å²) in [4.78, 5) is 103. The molecule has 0 aromatic carbocycles. The van der Waals surface area contributed by atoms with E-state index in [4.69, 9.17) is 42.3 Å². The fourth-order valence-corrected chi connectivity index (χ4v) is 10.8. The minimum absolute atomic E-state index is 0.0120. The van der Waals surface area contributed by atoms with Gasteiger partial charge in [0.15, 0.2) is 34.8 Å². The predicted molar refractivity (Wildman–Crippen MR) is 198 cm³/mol. The number of aromatic nitrogens is 1. The van der Waals surface area contributed by atoms with Crippen LogP contribution in [-0.2, 0) is 66.7 Å². The Hall–Kier alpha value is -5.20. The molecular weight excluding hydrogens is 790 g/mol. The van der Waals surface area contributed by atoms with Crippen molar-refractivity contribution in [3.05, 3.63) is 54.2 Å². The van der Waals surface area contributed by atoms with Crippen LogP contribution in [0.15, 0.2) is 47.5 Å². The number of epoxide rings is 1. The Morgan fingerprint density at radius 3 is 2.23 bits per heavy atom. The average Bonchev–Trinajstić information content (AvgIpc) is 3.83. The molecule has 5 fully saturated rings. The van der Waals surface area contributed by atoms with Gasteiger partial charge in [-0.1, -0.05) is 27.7 Å². The van der Waals surface area contributed by atoms with Crippen LogP contribution in [0.2, 0.25) is 0 Å². The molecule has 0 radical (unpaired) electrons. The maximum atomic E-state index is 16.3. The van der Waals surface area contributed by atoms with Gasteiger partial charge < -0.3 is 47.4 Å². The first-order valence-electron chi connectivity index (χ1n) is 19.7. The third-order valence-electron chi connectivity index (χ3n) is 13.8. The Morgan fingerprint density at radius 1 is 1.00 bits per heavy atom. The number of pyridine rings is 1. The number of esters is 6. The van der Waals surface area contributed by atoms with Crippen molar-refractivity contribution >= 4 is 41.6 Å². The maximum Gasteiger partial charge on any atom is 0.351 e. The van der Waals surface area contributed by atoms with E-state index in [-0.39, 0.29) is 11.1 Å². The van der Waals surface area contributed by atoms with Crippen LogP contribution in [0.25, 0.3) is 0 Å². The third-order valence-corrected chi connectivity index (χ3v) is 13.8. The van der Waals surface area contributed by atoms with Crippen LogP contribution in [0.3, 0.4) is 0 Å². The molecule has 324 valence electrons. The molecule has 60 heavy (non-hydrogen) atoms. The largest absolute Gasteiger partial charge is 0.472 e. The fourth-order valence-electron chi connectivity index (χ4n) is 10.8. The monoisotopic (exact) mass is 839 g/mol. The molecule has 18 heteroatoms. The van der Waals surface area contributed by atoms with E-state index in [9.17, 15) is 33.9 Å². The number of furan rings is 1. The van der Waals surface area contributed by atoms with Crippen molar-refractivity contribution in [1.82, 2.24) is 4.98 Å². The number of carbonyl (C=O) groups excluding carboxylic acids is 7. The number of carbonyl (C=O) groups is 7. The lowest BCUT2D eigenvalue weighted by molar-refractivity contribution is -0.330. The van der Waals surface area contributed by atoms with Crippen molar-refractivity contribution in [2.24, 2.45) is 28.1 Å². The van der Waals surface area contributed by atoms with Gasteiger partial charge >= 0.3 is 35.8 Å². The van der Waals surface area contributed by atoms with Gasteiger partial charge in [0.2, 0.25) is 6.10 Å². The number of Topliss-reactive ketones (excluding diaryl/α,β-unsaturated/α-hetero) is 1. The summed E-state index contributed by atoms with van der Waals surface area (Å²) in [5.74, 6) is -8.84. The lowest BCUT2D eigenvalue weighted by Crippen LogP contribution is -2.76. The Labute approximate surface area is 344 Å². The van der Waals surface area contributed by atoms with Crippen LogP contribution in [-0.4, -0.2) is 113 Å². The quantitative estimate of drug-likeness (QED) is 0.205. The summed E-state index contributed by atoms with van der Waals surface area (Å²) in [5.41, 5.74) is -13.5. The SMILES string of the molecule is CCC(C)C(=O)OC1C(OC(=O)c2cccnc2)C(C)(C)C(CC(=O)OC)C2(C)C(=O)C3(O)C(OC(C)=O)C4(C)C(c5ccoc5)OC(=O)C(OC(C)=O)C4(OC12)C31CO1. The van der Waals surface area contributed by atoms with Crippen LogP contribution >= 0.6 is 0 Å². The molecule has 2 aromatic heterocycles. The molecule has 5 aliphatic rings. The highest BCUT2D eigenvalue weighted by molar-refractivity contribution is 6.00. The van der Waals surface area contributed by atoms with Gasteiger partial charge in [0.1, 0.15) is 18.3 Å². The zero-order valence-electron chi connectivity index (χ0n) is 34.7. The molecule has 13 atom stereocenters. The number of nitrogens with zero attached hydrogens (tertiary/aromatic N) is 1. The van der Waals surface area contributed by atoms with E-state index >= 15 is 4.79 Å². The van der Waals surface area contributed by atoms with E-state index in [2.05, 4.69) is 4.98 Å². The second-order valence-corrected chi connectivity index (χ2v) is 17.3. The number of hydrogen-bond acceptors (Lipinski definition) is 18. The maximum absolute atomic E-state index is 16.3. The van der Waals surface area contributed by atoms with Gasteiger partial charge in [0.25, 0.3) is 0 Å². The molecule has 13 unspecified atom stereocenters. The van der Waals surface area contributed by atoms with Gasteiger partial charge in [-0.2, -0.15) is 0 Å². The first-order chi connectivity index (χ1) is 28.1. The van der Waals surface area contributed by atoms with Gasteiger partial charge in [0, 0.05) is 37.2 Å². The van der Waals surface area contributed by atoms with Gasteiger partial charge in [-0.3, -0.25) is 29.0 Å². The number of hydrogen-bond donors (Lipinski definition) is 1. The van der Waals surface area contributed by atoms with Crippen LogP contribution < -0.4 is 0 Å². The number of aliphatic hydroxyl groups is 1. The third kappa shape index (κ3) is 5.62. The Morgan fingerprint density at radius 2 is 1.68 bits per heavy atom. The summed E-state index contributed by atoms with van der Waals surface area (Å²) in [6, 6.07) is 4.40. The van der Waals surface area contributed by atoms with Gasteiger partial charge in [-0.15, -0.1) is 0 Å². The predicted octanol–water partition coefficient (Wildman–Crippen LogP) is 2.77. The molecule has 7 rings (SSSR count). The lowest BCUT2D eigenvalue weighted by Gasteiger charge is -2.62. The van der Waals surface area contributed by atoms with Crippen molar-refractivity contribution in [2.75, 3.05) is 13.7 Å². The van der Waals surface area contributed by atoms with Crippen LogP contribution in [0.1, 0.15) is 90.3 Å². The highest BCUT2D eigenvalue weighted by Crippen LogP contribution is 2.77. The van der Waals surface area contributed by atoms with Crippen molar-refractivity contribution in [3.8, 4) is 0 Å². The average molecular weight is 840 g/mol. The molecule has 2 spiro atoms. The Balaban J connectivity index is 1.58. The summed E-state index contributed by atoms with van der Waals surface area (Å²) in [6.07, 6.45) is -5.87. The molecule has 5 heterocycles. The van der Waals surface area contributed by atoms with E-state index < -0.39 is 136 Å². The normalized spacial score (nSPS) is 38.9. The van der Waals surface area contributed by atoms with Crippen molar-refractivity contribution in [1.29, 1.82) is 0 Å². The highest BCUT2D eigenvalue weighted by atomic mass is 16.7. The van der Waals surface area contributed by atoms with E-state index in [1.807, 2.05) is 0 Å². The van der Waals surface area contributed by atoms with Crippen molar-refractivity contribution < 1.29 is 81.0 Å². The lowest BCUT2D eigenvalue weighted by atomic mass is 9.48. The van der Waals surface area contributed by atoms with Gasteiger partial charge in [0.05, 0.1) is 55.0 Å². The summed E-state index contributed by atoms with van der Waals surface area (Å²) < 4.78 is 54.5. The van der Waals surface area contributed by atoms with Crippen molar-refractivity contribution in [3.63, 3.8) is 0 Å². The molecule has 3 saturated heterocycles. The molecule has 0 amide bonds. The first kappa shape index (κ1) is 42.9. The van der Waals surface area contributed by atoms with E-state index in [0.29, 0.717) is 6.42 Å². The van der Waals surface area contributed by atoms with Crippen LogP contribution in [0, 0.1) is 28.1 Å². The second kappa shape index (κ2) is 14.5.